The largest absolute Gasteiger partial charge is 0.497 e. The van der Waals surface area contributed by atoms with E-state index in [9.17, 15) is 18.0 Å². The molecule has 0 fully saturated rings. The van der Waals surface area contributed by atoms with Gasteiger partial charge < -0.3 is 24.7 Å². The number of ether oxygens (including phenoxy) is 4. The molecule has 2 N–H and O–H groups in total. The normalized spacial score (nSPS) is 11.1. The summed E-state index contributed by atoms with van der Waals surface area (Å²) < 4.78 is 54.2. The van der Waals surface area contributed by atoms with Crippen molar-refractivity contribution in [3.8, 4) is 11.5 Å². The Labute approximate surface area is 118 Å². The van der Waals surface area contributed by atoms with E-state index in [1.807, 2.05) is 0 Å². The molecular formula is C12H14F3NO5. The van der Waals surface area contributed by atoms with E-state index in [-0.39, 0.29) is 22.7 Å². The molecule has 0 unspecified atom stereocenters. The van der Waals surface area contributed by atoms with E-state index >= 15 is 0 Å². The average Bonchev–Trinajstić information content (AvgIpc) is 2.42. The van der Waals surface area contributed by atoms with Crippen molar-refractivity contribution in [1.82, 2.24) is 0 Å². The maximum Gasteiger partial charge on any atom is 0.411 e. The number of anilines is 1. The highest BCUT2D eigenvalue weighted by Gasteiger charge is 2.27. The van der Waals surface area contributed by atoms with Crippen LogP contribution < -0.4 is 15.2 Å². The lowest BCUT2D eigenvalue weighted by Gasteiger charge is -2.12. The highest BCUT2D eigenvalue weighted by molar-refractivity contribution is 5.97. The number of nitrogens with two attached hydrogens (primary N) is 1. The van der Waals surface area contributed by atoms with Crippen LogP contribution in [0.15, 0.2) is 12.1 Å². The molecule has 1 aromatic carbocycles. The van der Waals surface area contributed by atoms with Gasteiger partial charge in [-0.2, -0.15) is 13.2 Å². The van der Waals surface area contributed by atoms with Gasteiger partial charge in [0.2, 0.25) is 0 Å². The molecule has 1 aromatic rings. The van der Waals surface area contributed by atoms with Gasteiger partial charge in [-0.1, -0.05) is 0 Å². The first-order valence-electron chi connectivity index (χ1n) is 5.61. The summed E-state index contributed by atoms with van der Waals surface area (Å²) in [7, 11) is 2.71. The van der Waals surface area contributed by atoms with Gasteiger partial charge in [0.25, 0.3) is 0 Å². The smallest absolute Gasteiger partial charge is 0.411 e. The van der Waals surface area contributed by atoms with Crippen molar-refractivity contribution in [2.45, 2.75) is 6.18 Å². The zero-order valence-electron chi connectivity index (χ0n) is 11.3. The van der Waals surface area contributed by atoms with Crippen molar-refractivity contribution >= 4 is 11.7 Å². The molecule has 6 nitrogen and oxygen atoms in total. The number of alkyl halides is 3. The second-order valence-corrected chi connectivity index (χ2v) is 3.80. The Balaban J connectivity index is 2.73. The molecule has 0 aliphatic heterocycles. The lowest BCUT2D eigenvalue weighted by Crippen LogP contribution is -2.19. The summed E-state index contributed by atoms with van der Waals surface area (Å²) >= 11 is 0. The number of methoxy groups -OCH3 is 2. The third kappa shape index (κ3) is 5.03. The van der Waals surface area contributed by atoms with Crippen LogP contribution in [0, 0.1) is 0 Å². The number of carbonyl (C=O) groups is 1. The minimum absolute atomic E-state index is 0.0147. The molecule has 21 heavy (non-hydrogen) atoms. The van der Waals surface area contributed by atoms with Gasteiger partial charge in [0.05, 0.1) is 25.5 Å². The summed E-state index contributed by atoms with van der Waals surface area (Å²) in [6, 6.07) is 2.73. The maximum absolute atomic E-state index is 11.8. The van der Waals surface area contributed by atoms with Gasteiger partial charge >= 0.3 is 12.1 Å². The Morgan fingerprint density at radius 3 is 2.43 bits per heavy atom. The highest BCUT2D eigenvalue weighted by Crippen LogP contribution is 2.31. The number of hydrogen-bond donors (Lipinski definition) is 1. The summed E-state index contributed by atoms with van der Waals surface area (Å²) in [5, 5.41) is 0. The molecule has 0 saturated heterocycles. The predicted molar refractivity (Wildman–Crippen MR) is 66.2 cm³/mol. The molecule has 0 bridgehead atoms. The van der Waals surface area contributed by atoms with Gasteiger partial charge in [-0.15, -0.1) is 0 Å². The van der Waals surface area contributed by atoms with Crippen molar-refractivity contribution in [3.05, 3.63) is 17.7 Å². The molecular weight excluding hydrogens is 295 g/mol. The zero-order valence-corrected chi connectivity index (χ0v) is 11.3. The molecule has 0 heterocycles. The van der Waals surface area contributed by atoms with E-state index in [0.29, 0.717) is 0 Å². The predicted octanol–water partition coefficient (Wildman–Crippen LogP) is 1.98. The minimum atomic E-state index is -4.50. The molecule has 0 radical (unpaired) electrons. The first-order chi connectivity index (χ1) is 9.78. The standard InChI is InChI=1S/C12H14F3NO5/c1-18-7-3-8(10(16)9(4-7)19-2)11(17)21-6-20-5-12(13,14)15/h3-4H,5-6,16H2,1-2H3. The number of benzene rings is 1. The first-order valence-corrected chi connectivity index (χ1v) is 5.61. The zero-order chi connectivity index (χ0) is 16.0. The highest BCUT2D eigenvalue weighted by atomic mass is 19.4. The van der Waals surface area contributed by atoms with Crippen LogP contribution in [0.25, 0.3) is 0 Å². The molecule has 0 saturated carbocycles. The Morgan fingerprint density at radius 1 is 1.24 bits per heavy atom. The summed E-state index contributed by atoms with van der Waals surface area (Å²) in [5.41, 5.74) is 5.58. The van der Waals surface area contributed by atoms with E-state index in [1.54, 1.807) is 0 Å². The fourth-order valence-corrected chi connectivity index (χ4v) is 1.39. The van der Waals surface area contributed by atoms with E-state index in [0.717, 1.165) is 0 Å². The lowest BCUT2D eigenvalue weighted by atomic mass is 10.1. The Morgan fingerprint density at radius 2 is 1.90 bits per heavy atom. The van der Waals surface area contributed by atoms with Crippen molar-refractivity contribution in [1.29, 1.82) is 0 Å². The SMILES string of the molecule is COc1cc(OC)c(N)c(C(=O)OCOCC(F)(F)F)c1. The number of esters is 1. The van der Waals surface area contributed by atoms with Crippen LogP contribution in [-0.4, -0.2) is 39.8 Å². The summed E-state index contributed by atoms with van der Waals surface area (Å²) in [5.74, 6) is -0.492. The molecule has 118 valence electrons. The van der Waals surface area contributed by atoms with Crippen LogP contribution in [0.1, 0.15) is 10.4 Å². The molecule has 0 atom stereocenters. The van der Waals surface area contributed by atoms with Crippen LogP contribution in [0.4, 0.5) is 18.9 Å². The minimum Gasteiger partial charge on any atom is -0.497 e. The third-order valence-electron chi connectivity index (χ3n) is 2.33. The van der Waals surface area contributed by atoms with Gasteiger partial charge in [-0.25, -0.2) is 4.79 Å². The van der Waals surface area contributed by atoms with Crippen molar-refractivity contribution < 1.29 is 36.9 Å². The number of carbonyl (C=O) groups excluding carboxylic acids is 1. The van der Waals surface area contributed by atoms with Crippen molar-refractivity contribution in [2.75, 3.05) is 33.4 Å². The van der Waals surface area contributed by atoms with E-state index in [2.05, 4.69) is 9.47 Å². The molecule has 0 aliphatic rings. The van der Waals surface area contributed by atoms with Crippen molar-refractivity contribution in [2.24, 2.45) is 0 Å². The number of rotatable bonds is 6. The fourth-order valence-electron chi connectivity index (χ4n) is 1.39. The molecule has 0 aromatic heterocycles. The number of halogens is 3. The van der Waals surface area contributed by atoms with E-state index < -0.39 is 25.5 Å². The molecule has 0 aliphatic carbocycles. The molecule has 1 rings (SSSR count). The summed E-state index contributed by atoms with van der Waals surface area (Å²) in [6.07, 6.45) is -4.50. The lowest BCUT2D eigenvalue weighted by molar-refractivity contribution is -0.190. The van der Waals surface area contributed by atoms with Crippen molar-refractivity contribution in [3.63, 3.8) is 0 Å². The van der Waals surface area contributed by atoms with Crippen LogP contribution in [-0.2, 0) is 9.47 Å². The first kappa shape index (κ1) is 16.9. The van der Waals surface area contributed by atoms with Crippen LogP contribution in [0.2, 0.25) is 0 Å². The van der Waals surface area contributed by atoms with Crippen LogP contribution >= 0.6 is 0 Å². The quantitative estimate of drug-likeness (QED) is 0.374. The van der Waals surface area contributed by atoms with Gasteiger partial charge in [0, 0.05) is 6.07 Å². The Kier molecular flexibility index (Phi) is 5.65. The van der Waals surface area contributed by atoms with Gasteiger partial charge in [-0.05, 0) is 6.07 Å². The average molecular weight is 309 g/mol. The second-order valence-electron chi connectivity index (χ2n) is 3.80. The second kappa shape index (κ2) is 7.02. The Hall–Kier alpha value is -2.16. The topological polar surface area (TPSA) is 80.0 Å². The van der Waals surface area contributed by atoms with Gasteiger partial charge in [0.1, 0.15) is 18.1 Å². The third-order valence-corrected chi connectivity index (χ3v) is 2.33. The maximum atomic E-state index is 11.8. The Bertz CT molecular complexity index is 504. The molecule has 9 heteroatoms. The van der Waals surface area contributed by atoms with Crippen LogP contribution in [0.3, 0.4) is 0 Å². The summed E-state index contributed by atoms with van der Waals surface area (Å²) in [4.78, 5) is 11.8. The fraction of sp³-hybridized carbons (Fsp3) is 0.417. The van der Waals surface area contributed by atoms with Gasteiger partial charge in [0.15, 0.2) is 6.79 Å². The number of nitrogen functional groups attached to an aromatic ring is 1. The van der Waals surface area contributed by atoms with Crippen LogP contribution in [0.5, 0.6) is 11.5 Å². The molecule has 0 amide bonds. The monoisotopic (exact) mass is 309 g/mol. The summed E-state index contributed by atoms with van der Waals surface area (Å²) in [6.45, 7) is -2.37. The number of hydrogen-bond acceptors (Lipinski definition) is 6. The van der Waals surface area contributed by atoms with E-state index in [4.69, 9.17) is 15.2 Å². The van der Waals surface area contributed by atoms with Gasteiger partial charge in [-0.3, -0.25) is 0 Å². The molecule has 0 spiro atoms. The van der Waals surface area contributed by atoms with E-state index in [1.165, 1.54) is 26.4 Å².